The fourth-order valence-electron chi connectivity index (χ4n) is 3.27. The summed E-state index contributed by atoms with van der Waals surface area (Å²) in [7, 11) is 0. The highest BCUT2D eigenvalue weighted by Gasteiger charge is 2.35. The maximum Gasteiger partial charge on any atom is 0.228 e. The molecule has 2 atom stereocenters. The second kappa shape index (κ2) is 7.77. The minimum Gasteiger partial charge on any atom is -0.326 e. The summed E-state index contributed by atoms with van der Waals surface area (Å²) >= 11 is 0. The lowest BCUT2D eigenvalue weighted by atomic mass is 9.78. The first-order chi connectivity index (χ1) is 11.7. The highest BCUT2D eigenvalue weighted by atomic mass is 16.2. The van der Waals surface area contributed by atoms with Gasteiger partial charge in [-0.25, -0.2) is 0 Å². The van der Waals surface area contributed by atoms with Crippen molar-refractivity contribution in [3.63, 3.8) is 0 Å². The number of carbonyl (C=O) groups excluding carboxylic acids is 2. The molecule has 2 aromatic carbocycles. The van der Waals surface area contributed by atoms with Crippen LogP contribution in [-0.4, -0.2) is 11.8 Å². The van der Waals surface area contributed by atoms with Crippen LogP contribution >= 0.6 is 0 Å². The second-order valence-corrected chi connectivity index (χ2v) is 6.21. The largest absolute Gasteiger partial charge is 0.326 e. The fourth-order valence-corrected chi connectivity index (χ4v) is 3.27. The Bertz CT molecular complexity index is 624. The second-order valence-electron chi connectivity index (χ2n) is 6.21. The Labute approximate surface area is 142 Å². The van der Waals surface area contributed by atoms with Gasteiger partial charge in [-0.2, -0.15) is 0 Å². The highest BCUT2D eigenvalue weighted by molar-refractivity contribution is 5.99. The molecule has 2 N–H and O–H groups in total. The van der Waals surface area contributed by atoms with E-state index in [1.807, 2.05) is 60.7 Å². The van der Waals surface area contributed by atoms with Crippen LogP contribution in [0.1, 0.15) is 25.7 Å². The van der Waals surface area contributed by atoms with Crippen LogP contribution in [0.4, 0.5) is 11.4 Å². The van der Waals surface area contributed by atoms with Gasteiger partial charge in [0.15, 0.2) is 0 Å². The van der Waals surface area contributed by atoms with Crippen LogP contribution in [0.2, 0.25) is 0 Å². The zero-order chi connectivity index (χ0) is 16.8. The molecule has 2 amide bonds. The minimum atomic E-state index is -0.275. The van der Waals surface area contributed by atoms with Crippen molar-refractivity contribution in [1.29, 1.82) is 0 Å². The number of benzene rings is 2. The summed E-state index contributed by atoms with van der Waals surface area (Å²) in [6, 6.07) is 18.8. The third kappa shape index (κ3) is 4.02. The molecule has 1 aliphatic rings. The normalized spacial score (nSPS) is 20.2. The molecule has 1 fully saturated rings. The third-order valence-electron chi connectivity index (χ3n) is 4.52. The van der Waals surface area contributed by atoms with E-state index in [1.165, 1.54) is 0 Å². The average molecular weight is 322 g/mol. The van der Waals surface area contributed by atoms with Gasteiger partial charge in [-0.3, -0.25) is 9.59 Å². The Morgan fingerprint density at radius 2 is 1.04 bits per heavy atom. The van der Waals surface area contributed by atoms with Crippen molar-refractivity contribution < 1.29 is 9.59 Å². The molecule has 4 nitrogen and oxygen atoms in total. The zero-order valence-electron chi connectivity index (χ0n) is 13.6. The van der Waals surface area contributed by atoms with Gasteiger partial charge in [-0.15, -0.1) is 0 Å². The SMILES string of the molecule is O=C(Nc1ccccc1)[C@@H]1CCCC[C@H]1C(=O)Nc1ccccc1. The lowest BCUT2D eigenvalue weighted by Crippen LogP contribution is -2.38. The number of rotatable bonds is 4. The maximum atomic E-state index is 12.6. The Kier molecular flexibility index (Phi) is 5.26. The lowest BCUT2D eigenvalue weighted by molar-refractivity contribution is -0.130. The molecule has 0 aromatic heterocycles. The van der Waals surface area contributed by atoms with Gasteiger partial charge in [0, 0.05) is 23.2 Å². The molecular formula is C20H22N2O2. The molecule has 24 heavy (non-hydrogen) atoms. The van der Waals surface area contributed by atoms with E-state index in [-0.39, 0.29) is 23.7 Å². The van der Waals surface area contributed by atoms with Crippen LogP contribution in [0.25, 0.3) is 0 Å². The van der Waals surface area contributed by atoms with E-state index in [4.69, 9.17) is 0 Å². The number of hydrogen-bond donors (Lipinski definition) is 2. The van der Waals surface area contributed by atoms with Crippen molar-refractivity contribution in [1.82, 2.24) is 0 Å². The summed E-state index contributed by atoms with van der Waals surface area (Å²) in [4.78, 5) is 25.3. The molecule has 0 radical (unpaired) electrons. The van der Waals surface area contributed by atoms with Crippen molar-refractivity contribution in [3.8, 4) is 0 Å². The number of anilines is 2. The Morgan fingerprint density at radius 1 is 0.667 bits per heavy atom. The van der Waals surface area contributed by atoms with Gasteiger partial charge in [0.2, 0.25) is 11.8 Å². The van der Waals surface area contributed by atoms with Crippen molar-refractivity contribution >= 4 is 23.2 Å². The van der Waals surface area contributed by atoms with E-state index >= 15 is 0 Å². The zero-order valence-corrected chi connectivity index (χ0v) is 13.6. The van der Waals surface area contributed by atoms with Crippen LogP contribution in [-0.2, 0) is 9.59 Å². The number of amides is 2. The van der Waals surface area contributed by atoms with Crippen molar-refractivity contribution in [2.24, 2.45) is 11.8 Å². The van der Waals surface area contributed by atoms with Crippen LogP contribution in [0.15, 0.2) is 60.7 Å². The molecule has 0 unspecified atom stereocenters. The van der Waals surface area contributed by atoms with Gasteiger partial charge in [0.1, 0.15) is 0 Å². The standard InChI is InChI=1S/C20H22N2O2/c23-19(21-15-9-3-1-4-10-15)17-13-7-8-14-18(17)20(24)22-16-11-5-2-6-12-16/h1-6,9-12,17-18H,7-8,13-14H2,(H,21,23)(H,22,24)/t17-,18-/m1/s1. The van der Waals surface area contributed by atoms with Gasteiger partial charge < -0.3 is 10.6 Å². The minimum absolute atomic E-state index is 0.0610. The highest BCUT2D eigenvalue weighted by Crippen LogP contribution is 2.32. The van der Waals surface area contributed by atoms with Gasteiger partial charge in [-0.1, -0.05) is 49.2 Å². The van der Waals surface area contributed by atoms with E-state index in [2.05, 4.69) is 10.6 Å². The number of carbonyl (C=O) groups is 2. The molecule has 4 heteroatoms. The van der Waals surface area contributed by atoms with Crippen LogP contribution in [0, 0.1) is 11.8 Å². The quantitative estimate of drug-likeness (QED) is 0.891. The summed E-state index contributed by atoms with van der Waals surface area (Å²) < 4.78 is 0. The van der Waals surface area contributed by atoms with Gasteiger partial charge >= 0.3 is 0 Å². The van der Waals surface area contributed by atoms with E-state index in [9.17, 15) is 9.59 Å². The number of hydrogen-bond acceptors (Lipinski definition) is 2. The summed E-state index contributed by atoms with van der Waals surface area (Å²) in [5.41, 5.74) is 1.55. The van der Waals surface area contributed by atoms with E-state index < -0.39 is 0 Å². The fraction of sp³-hybridized carbons (Fsp3) is 0.300. The van der Waals surface area contributed by atoms with Gasteiger partial charge in [0.25, 0.3) is 0 Å². The monoisotopic (exact) mass is 322 g/mol. The van der Waals surface area contributed by atoms with Gasteiger partial charge in [0.05, 0.1) is 0 Å². The van der Waals surface area contributed by atoms with Crippen LogP contribution in [0.3, 0.4) is 0 Å². The van der Waals surface area contributed by atoms with Crippen LogP contribution in [0.5, 0.6) is 0 Å². The molecule has 2 aromatic rings. The first kappa shape index (κ1) is 16.2. The predicted octanol–water partition coefficient (Wildman–Crippen LogP) is 4.07. The van der Waals surface area contributed by atoms with Crippen molar-refractivity contribution in [3.05, 3.63) is 60.7 Å². The summed E-state index contributed by atoms with van der Waals surface area (Å²) in [5, 5.41) is 5.88. The Balaban J connectivity index is 1.68. The maximum absolute atomic E-state index is 12.6. The molecule has 1 saturated carbocycles. The Morgan fingerprint density at radius 3 is 1.42 bits per heavy atom. The lowest BCUT2D eigenvalue weighted by Gasteiger charge is -2.29. The smallest absolute Gasteiger partial charge is 0.228 e. The number of para-hydroxylation sites is 2. The molecule has 1 aliphatic carbocycles. The number of nitrogens with one attached hydrogen (secondary N) is 2. The summed E-state index contributed by atoms with van der Waals surface area (Å²) in [6.07, 6.45) is 3.49. The molecule has 0 spiro atoms. The molecule has 3 rings (SSSR count). The average Bonchev–Trinajstić information content (AvgIpc) is 2.63. The molecule has 0 heterocycles. The van der Waals surface area contributed by atoms with Crippen molar-refractivity contribution in [2.45, 2.75) is 25.7 Å². The van der Waals surface area contributed by atoms with Crippen molar-refractivity contribution in [2.75, 3.05) is 10.6 Å². The first-order valence-corrected chi connectivity index (χ1v) is 8.46. The topological polar surface area (TPSA) is 58.2 Å². The molecular weight excluding hydrogens is 300 g/mol. The Hall–Kier alpha value is -2.62. The van der Waals surface area contributed by atoms with E-state index in [0.29, 0.717) is 0 Å². The first-order valence-electron chi connectivity index (χ1n) is 8.46. The molecule has 0 aliphatic heterocycles. The van der Waals surface area contributed by atoms with Crippen LogP contribution < -0.4 is 10.6 Å². The third-order valence-corrected chi connectivity index (χ3v) is 4.52. The predicted molar refractivity (Wildman–Crippen MR) is 95.6 cm³/mol. The van der Waals surface area contributed by atoms with E-state index in [1.54, 1.807) is 0 Å². The van der Waals surface area contributed by atoms with Gasteiger partial charge in [-0.05, 0) is 37.1 Å². The molecule has 0 bridgehead atoms. The summed E-state index contributed by atoms with van der Waals surface area (Å²) in [5.74, 6) is -0.673. The van der Waals surface area contributed by atoms with E-state index in [0.717, 1.165) is 37.1 Å². The summed E-state index contributed by atoms with van der Waals surface area (Å²) in [6.45, 7) is 0. The molecule has 0 saturated heterocycles. The molecule has 124 valence electrons.